The van der Waals surface area contributed by atoms with Gasteiger partial charge in [0.1, 0.15) is 5.75 Å². The molecular weight excluding hydrogens is 323 g/mol. The topological polar surface area (TPSA) is 62.4 Å². The number of nitrogens with one attached hydrogen (secondary N) is 3. The number of urea groups is 1. The predicted molar refractivity (Wildman–Crippen MR) is 83.9 cm³/mol. The molecular formula is C16H22F3N3O2. The Bertz CT molecular complexity index is 552. The maximum Gasteiger partial charge on any atom is 0.422 e. The quantitative estimate of drug-likeness (QED) is 0.769. The third-order valence-corrected chi connectivity index (χ3v) is 3.76. The zero-order valence-corrected chi connectivity index (χ0v) is 13.5. The number of halogens is 3. The minimum atomic E-state index is -4.40. The fourth-order valence-electron chi connectivity index (χ4n) is 2.63. The first-order valence-electron chi connectivity index (χ1n) is 7.88. The maximum atomic E-state index is 12.3. The summed E-state index contributed by atoms with van der Waals surface area (Å²) in [5, 5.41) is 8.85. The third-order valence-electron chi connectivity index (χ3n) is 3.76. The lowest BCUT2D eigenvalue weighted by Gasteiger charge is -2.28. The van der Waals surface area contributed by atoms with Crippen LogP contribution in [0.2, 0.25) is 0 Å². The van der Waals surface area contributed by atoms with Crippen LogP contribution >= 0.6 is 0 Å². The molecule has 1 saturated heterocycles. The molecule has 0 aliphatic carbocycles. The van der Waals surface area contributed by atoms with Gasteiger partial charge in [-0.15, -0.1) is 0 Å². The number of carbonyl (C=O) groups excluding carboxylic acids is 1. The van der Waals surface area contributed by atoms with E-state index in [0.717, 1.165) is 19.4 Å². The standard InChI is InChI=1S/C16H22F3N3O2/c1-11-8-13(6-7-20-11)22-15(23)21-9-12-4-2-3-5-14(12)24-10-16(17,18)19/h2-5,11,13,20H,6-10H2,1H3,(H2,21,22,23). The molecule has 2 atom stereocenters. The van der Waals surface area contributed by atoms with Crippen LogP contribution in [0, 0.1) is 0 Å². The second-order valence-electron chi connectivity index (χ2n) is 5.92. The number of piperidine rings is 1. The van der Waals surface area contributed by atoms with Crippen LogP contribution in [-0.4, -0.2) is 37.4 Å². The summed E-state index contributed by atoms with van der Waals surface area (Å²) < 4.78 is 41.6. The highest BCUT2D eigenvalue weighted by molar-refractivity contribution is 5.74. The van der Waals surface area contributed by atoms with Crippen molar-refractivity contribution in [1.82, 2.24) is 16.0 Å². The Morgan fingerprint density at radius 1 is 1.38 bits per heavy atom. The summed E-state index contributed by atoms with van der Waals surface area (Å²) in [4.78, 5) is 12.0. The van der Waals surface area contributed by atoms with Crippen molar-refractivity contribution in [3.8, 4) is 5.75 Å². The highest BCUT2D eigenvalue weighted by atomic mass is 19.4. The van der Waals surface area contributed by atoms with Gasteiger partial charge in [-0.3, -0.25) is 0 Å². The fourth-order valence-corrected chi connectivity index (χ4v) is 2.63. The Hall–Kier alpha value is -1.96. The molecule has 2 amide bonds. The lowest BCUT2D eigenvalue weighted by Crippen LogP contribution is -2.49. The number of rotatable bonds is 5. The number of para-hydroxylation sites is 1. The van der Waals surface area contributed by atoms with Crippen LogP contribution in [0.4, 0.5) is 18.0 Å². The van der Waals surface area contributed by atoms with Crippen molar-refractivity contribution in [3.05, 3.63) is 29.8 Å². The molecule has 1 aliphatic rings. The zero-order chi connectivity index (χ0) is 17.6. The summed E-state index contributed by atoms with van der Waals surface area (Å²) in [7, 11) is 0. The minimum absolute atomic E-state index is 0.0953. The van der Waals surface area contributed by atoms with Crippen LogP contribution in [0.15, 0.2) is 24.3 Å². The Kier molecular flexibility index (Phi) is 6.30. The summed E-state index contributed by atoms with van der Waals surface area (Å²) in [6, 6.07) is 6.46. The molecule has 0 aromatic heterocycles. The number of ether oxygens (including phenoxy) is 1. The number of amides is 2. The largest absolute Gasteiger partial charge is 0.484 e. The highest BCUT2D eigenvalue weighted by Crippen LogP contribution is 2.22. The van der Waals surface area contributed by atoms with E-state index in [2.05, 4.69) is 22.9 Å². The monoisotopic (exact) mass is 345 g/mol. The van der Waals surface area contributed by atoms with E-state index in [0.29, 0.717) is 11.6 Å². The van der Waals surface area contributed by atoms with E-state index in [-0.39, 0.29) is 24.4 Å². The third kappa shape index (κ3) is 6.27. The lowest BCUT2D eigenvalue weighted by atomic mass is 10.0. The molecule has 1 heterocycles. The van der Waals surface area contributed by atoms with Gasteiger partial charge < -0.3 is 20.7 Å². The summed E-state index contributed by atoms with van der Waals surface area (Å²) in [6.45, 7) is 1.64. The molecule has 0 bridgehead atoms. The Labute approximate surface area is 138 Å². The van der Waals surface area contributed by atoms with Gasteiger partial charge in [0, 0.05) is 24.2 Å². The molecule has 1 aromatic rings. The number of benzene rings is 1. The van der Waals surface area contributed by atoms with Crippen LogP contribution in [0.1, 0.15) is 25.3 Å². The normalized spacial score (nSPS) is 21.2. The van der Waals surface area contributed by atoms with Crippen LogP contribution in [-0.2, 0) is 6.54 Å². The molecule has 0 saturated carbocycles. The molecule has 5 nitrogen and oxygen atoms in total. The predicted octanol–water partition coefficient (Wildman–Crippen LogP) is 2.57. The van der Waals surface area contributed by atoms with Crippen LogP contribution in [0.25, 0.3) is 0 Å². The number of alkyl halides is 3. The molecule has 24 heavy (non-hydrogen) atoms. The van der Waals surface area contributed by atoms with E-state index in [1.165, 1.54) is 6.07 Å². The zero-order valence-electron chi connectivity index (χ0n) is 13.5. The Morgan fingerprint density at radius 3 is 2.83 bits per heavy atom. The van der Waals surface area contributed by atoms with Gasteiger partial charge in [0.05, 0.1) is 0 Å². The summed E-state index contributed by atoms with van der Waals surface area (Å²) in [5.41, 5.74) is 0.496. The summed E-state index contributed by atoms with van der Waals surface area (Å²) in [6.07, 6.45) is -2.70. The average molecular weight is 345 g/mol. The van der Waals surface area contributed by atoms with Gasteiger partial charge in [-0.25, -0.2) is 4.79 Å². The Balaban J connectivity index is 1.83. The van der Waals surface area contributed by atoms with E-state index in [1.807, 2.05) is 0 Å². The SMILES string of the molecule is CC1CC(NC(=O)NCc2ccccc2OCC(F)(F)F)CCN1. The van der Waals surface area contributed by atoms with Gasteiger partial charge in [0.25, 0.3) is 0 Å². The van der Waals surface area contributed by atoms with Crippen LogP contribution in [0.5, 0.6) is 5.75 Å². The van der Waals surface area contributed by atoms with E-state index >= 15 is 0 Å². The van der Waals surface area contributed by atoms with Gasteiger partial charge in [0.15, 0.2) is 6.61 Å². The first-order chi connectivity index (χ1) is 11.3. The molecule has 1 fully saturated rings. The Morgan fingerprint density at radius 2 is 2.12 bits per heavy atom. The summed E-state index contributed by atoms with van der Waals surface area (Å²) >= 11 is 0. The first kappa shape index (κ1) is 18.4. The van der Waals surface area contributed by atoms with Crippen molar-refractivity contribution in [2.45, 2.75) is 44.6 Å². The number of hydrogen-bond donors (Lipinski definition) is 3. The van der Waals surface area contributed by atoms with Crippen LogP contribution in [0.3, 0.4) is 0 Å². The van der Waals surface area contributed by atoms with E-state index < -0.39 is 12.8 Å². The van der Waals surface area contributed by atoms with E-state index in [9.17, 15) is 18.0 Å². The van der Waals surface area contributed by atoms with E-state index in [4.69, 9.17) is 4.74 Å². The van der Waals surface area contributed by atoms with E-state index in [1.54, 1.807) is 18.2 Å². The van der Waals surface area contributed by atoms with Gasteiger partial charge >= 0.3 is 12.2 Å². The van der Waals surface area contributed by atoms with Crippen LogP contribution < -0.4 is 20.7 Å². The first-order valence-corrected chi connectivity index (χ1v) is 7.88. The molecule has 2 rings (SSSR count). The number of hydrogen-bond acceptors (Lipinski definition) is 3. The van der Waals surface area contributed by atoms with Crippen molar-refractivity contribution in [2.24, 2.45) is 0 Å². The second kappa shape index (κ2) is 8.23. The van der Waals surface area contributed by atoms with Gasteiger partial charge in [-0.1, -0.05) is 18.2 Å². The molecule has 2 unspecified atom stereocenters. The lowest BCUT2D eigenvalue weighted by molar-refractivity contribution is -0.153. The molecule has 0 spiro atoms. The van der Waals surface area contributed by atoms with Crippen molar-refractivity contribution >= 4 is 6.03 Å². The van der Waals surface area contributed by atoms with Crippen molar-refractivity contribution in [2.75, 3.05) is 13.2 Å². The van der Waals surface area contributed by atoms with Crippen molar-refractivity contribution in [1.29, 1.82) is 0 Å². The molecule has 1 aromatic carbocycles. The average Bonchev–Trinajstić information content (AvgIpc) is 2.51. The smallest absolute Gasteiger partial charge is 0.422 e. The molecule has 134 valence electrons. The molecule has 0 radical (unpaired) electrons. The van der Waals surface area contributed by atoms with Gasteiger partial charge in [-0.2, -0.15) is 13.2 Å². The second-order valence-corrected chi connectivity index (χ2v) is 5.92. The molecule has 8 heteroatoms. The molecule has 3 N–H and O–H groups in total. The van der Waals surface area contributed by atoms with Crippen molar-refractivity contribution < 1.29 is 22.7 Å². The van der Waals surface area contributed by atoms with Crippen molar-refractivity contribution in [3.63, 3.8) is 0 Å². The molecule has 1 aliphatic heterocycles. The fraction of sp³-hybridized carbons (Fsp3) is 0.562. The van der Waals surface area contributed by atoms with Gasteiger partial charge in [-0.05, 0) is 32.4 Å². The minimum Gasteiger partial charge on any atom is -0.484 e. The number of carbonyl (C=O) groups is 1. The maximum absolute atomic E-state index is 12.3. The van der Waals surface area contributed by atoms with Gasteiger partial charge in [0.2, 0.25) is 0 Å². The highest BCUT2D eigenvalue weighted by Gasteiger charge is 2.28. The summed E-state index contributed by atoms with van der Waals surface area (Å²) in [5.74, 6) is 0.116.